The Bertz CT molecular complexity index is 897. The van der Waals surface area contributed by atoms with Crippen molar-refractivity contribution in [3.05, 3.63) is 51.9 Å². The summed E-state index contributed by atoms with van der Waals surface area (Å²) in [6.07, 6.45) is 6.93. The maximum absolute atomic E-state index is 6.32. The van der Waals surface area contributed by atoms with E-state index in [1.54, 1.807) is 30.4 Å². The highest BCUT2D eigenvalue weighted by molar-refractivity contribution is 7.99. The van der Waals surface area contributed by atoms with E-state index < -0.39 is 0 Å². The Labute approximate surface area is 153 Å². The van der Waals surface area contributed by atoms with Gasteiger partial charge >= 0.3 is 0 Å². The summed E-state index contributed by atoms with van der Waals surface area (Å²) in [7, 11) is 1.94. The Hall–Kier alpha value is -1.63. The van der Waals surface area contributed by atoms with Crippen LogP contribution in [0.15, 0.2) is 35.9 Å². The number of aromatic nitrogens is 5. The molecule has 0 unspecified atom stereocenters. The first-order chi connectivity index (χ1) is 11.6. The SMILES string of the molecule is Cn1c(S[C@H]2CCc3c(Cl)cc(Cl)cc32)nnc1-c1cnccn1. The summed E-state index contributed by atoms with van der Waals surface area (Å²) >= 11 is 14.2. The number of hydrogen-bond acceptors (Lipinski definition) is 5. The molecule has 0 aliphatic heterocycles. The Morgan fingerprint density at radius 2 is 2.08 bits per heavy atom. The predicted octanol–water partition coefficient (Wildman–Crippen LogP) is 4.36. The minimum absolute atomic E-state index is 0.272. The molecule has 8 heteroatoms. The third-order valence-corrected chi connectivity index (χ3v) is 5.97. The monoisotopic (exact) mass is 377 g/mol. The molecule has 1 aliphatic carbocycles. The van der Waals surface area contributed by atoms with Gasteiger partial charge in [-0.25, -0.2) is 4.98 Å². The number of rotatable bonds is 3. The van der Waals surface area contributed by atoms with Crippen LogP contribution in [0.25, 0.3) is 11.5 Å². The van der Waals surface area contributed by atoms with Gasteiger partial charge in [0.25, 0.3) is 0 Å². The van der Waals surface area contributed by atoms with Crippen molar-refractivity contribution in [2.75, 3.05) is 0 Å². The minimum atomic E-state index is 0.272. The van der Waals surface area contributed by atoms with Crippen molar-refractivity contribution in [3.63, 3.8) is 0 Å². The van der Waals surface area contributed by atoms with Crippen LogP contribution in [0.1, 0.15) is 22.8 Å². The van der Waals surface area contributed by atoms with Gasteiger partial charge in [-0.3, -0.25) is 4.98 Å². The number of thioether (sulfide) groups is 1. The van der Waals surface area contributed by atoms with Crippen molar-refractivity contribution in [1.29, 1.82) is 0 Å². The van der Waals surface area contributed by atoms with E-state index in [4.69, 9.17) is 23.2 Å². The molecule has 2 heterocycles. The highest BCUT2D eigenvalue weighted by Crippen LogP contribution is 2.47. The Morgan fingerprint density at radius 3 is 2.88 bits per heavy atom. The van der Waals surface area contributed by atoms with Gasteiger partial charge in [-0.15, -0.1) is 10.2 Å². The average Bonchev–Trinajstić information content (AvgIpc) is 3.14. The minimum Gasteiger partial charge on any atom is -0.304 e. The number of fused-ring (bicyclic) bond motifs is 1. The first kappa shape index (κ1) is 15.9. The zero-order valence-electron chi connectivity index (χ0n) is 12.8. The van der Waals surface area contributed by atoms with Gasteiger partial charge in [-0.05, 0) is 36.1 Å². The molecule has 0 radical (unpaired) electrons. The molecule has 0 spiro atoms. The second kappa shape index (κ2) is 6.35. The molecule has 1 aromatic carbocycles. The first-order valence-electron chi connectivity index (χ1n) is 7.43. The van der Waals surface area contributed by atoms with Crippen molar-refractivity contribution < 1.29 is 0 Å². The summed E-state index contributed by atoms with van der Waals surface area (Å²) in [5.74, 6) is 0.702. The third-order valence-electron chi connectivity index (χ3n) is 4.07. The van der Waals surface area contributed by atoms with E-state index in [-0.39, 0.29) is 5.25 Å². The molecule has 3 aromatic rings. The predicted molar refractivity (Wildman–Crippen MR) is 95.4 cm³/mol. The largest absolute Gasteiger partial charge is 0.304 e. The molecule has 122 valence electrons. The Balaban J connectivity index is 1.64. The molecule has 5 nitrogen and oxygen atoms in total. The normalized spacial score (nSPS) is 16.4. The average molecular weight is 378 g/mol. The summed E-state index contributed by atoms with van der Waals surface area (Å²) in [5, 5.41) is 11.1. The van der Waals surface area contributed by atoms with Gasteiger partial charge in [0, 0.05) is 34.7 Å². The molecule has 4 rings (SSSR count). The van der Waals surface area contributed by atoms with Crippen LogP contribution in [0.4, 0.5) is 0 Å². The molecule has 0 saturated carbocycles. The number of halogens is 2. The molecular formula is C16H13Cl2N5S. The topological polar surface area (TPSA) is 56.5 Å². The lowest BCUT2D eigenvalue weighted by molar-refractivity contribution is 0.782. The molecule has 0 bridgehead atoms. The molecule has 1 atom stereocenters. The maximum atomic E-state index is 6.32. The van der Waals surface area contributed by atoms with Crippen LogP contribution in [-0.2, 0) is 13.5 Å². The third kappa shape index (κ3) is 2.79. The summed E-state index contributed by atoms with van der Waals surface area (Å²) in [4.78, 5) is 8.37. The number of hydrogen-bond donors (Lipinski definition) is 0. The van der Waals surface area contributed by atoms with E-state index >= 15 is 0 Å². The fraction of sp³-hybridized carbons (Fsp3) is 0.250. The van der Waals surface area contributed by atoms with Crippen LogP contribution in [0.3, 0.4) is 0 Å². The Morgan fingerprint density at radius 1 is 1.21 bits per heavy atom. The van der Waals surface area contributed by atoms with Crippen LogP contribution in [0.5, 0.6) is 0 Å². The quantitative estimate of drug-likeness (QED) is 0.678. The highest BCUT2D eigenvalue weighted by Gasteiger charge is 2.28. The van der Waals surface area contributed by atoms with Crippen LogP contribution in [0.2, 0.25) is 10.0 Å². The second-order valence-electron chi connectivity index (χ2n) is 5.56. The van der Waals surface area contributed by atoms with E-state index in [2.05, 4.69) is 20.2 Å². The summed E-state index contributed by atoms with van der Waals surface area (Å²) < 4.78 is 1.94. The van der Waals surface area contributed by atoms with Gasteiger partial charge in [0.1, 0.15) is 5.69 Å². The van der Waals surface area contributed by atoms with Gasteiger partial charge in [-0.1, -0.05) is 35.0 Å². The maximum Gasteiger partial charge on any atom is 0.191 e. The van der Waals surface area contributed by atoms with Crippen molar-refractivity contribution in [1.82, 2.24) is 24.7 Å². The number of nitrogens with zero attached hydrogens (tertiary/aromatic N) is 5. The van der Waals surface area contributed by atoms with E-state index in [0.717, 1.165) is 23.0 Å². The fourth-order valence-electron chi connectivity index (χ4n) is 2.91. The van der Waals surface area contributed by atoms with Crippen LogP contribution in [-0.4, -0.2) is 24.7 Å². The smallest absolute Gasteiger partial charge is 0.191 e. The van der Waals surface area contributed by atoms with E-state index in [1.165, 1.54) is 11.1 Å². The van der Waals surface area contributed by atoms with Crippen molar-refractivity contribution in [3.8, 4) is 11.5 Å². The lowest BCUT2D eigenvalue weighted by Crippen LogP contribution is -1.98. The van der Waals surface area contributed by atoms with E-state index in [1.807, 2.05) is 23.7 Å². The molecule has 0 saturated heterocycles. The molecule has 0 N–H and O–H groups in total. The second-order valence-corrected chi connectivity index (χ2v) is 7.57. The summed E-state index contributed by atoms with van der Waals surface area (Å²) in [6.45, 7) is 0. The summed E-state index contributed by atoms with van der Waals surface area (Å²) in [6, 6.07) is 3.82. The molecule has 2 aromatic heterocycles. The highest BCUT2D eigenvalue weighted by atomic mass is 35.5. The molecular weight excluding hydrogens is 365 g/mol. The zero-order valence-corrected chi connectivity index (χ0v) is 15.1. The lowest BCUT2D eigenvalue weighted by Gasteiger charge is -2.11. The van der Waals surface area contributed by atoms with Crippen molar-refractivity contribution in [2.45, 2.75) is 23.2 Å². The summed E-state index contributed by atoms with van der Waals surface area (Å²) in [5.41, 5.74) is 3.09. The standard InChI is InChI=1S/C16H13Cl2N5S/c1-23-15(13-8-19-4-5-20-13)21-22-16(23)24-14-3-2-10-11(14)6-9(17)7-12(10)18/h4-8,14H,2-3H2,1H3/t14-/m0/s1. The van der Waals surface area contributed by atoms with Crippen LogP contribution in [0, 0.1) is 0 Å². The zero-order chi connectivity index (χ0) is 16.7. The molecule has 1 aliphatic rings. The lowest BCUT2D eigenvalue weighted by atomic mass is 10.1. The van der Waals surface area contributed by atoms with Crippen molar-refractivity contribution in [2.24, 2.45) is 7.05 Å². The first-order valence-corrected chi connectivity index (χ1v) is 9.07. The van der Waals surface area contributed by atoms with Gasteiger partial charge in [0.15, 0.2) is 11.0 Å². The molecule has 0 amide bonds. The number of benzene rings is 1. The van der Waals surface area contributed by atoms with Crippen LogP contribution < -0.4 is 0 Å². The van der Waals surface area contributed by atoms with Crippen LogP contribution >= 0.6 is 35.0 Å². The Kier molecular flexibility index (Phi) is 4.20. The van der Waals surface area contributed by atoms with Gasteiger partial charge in [0.2, 0.25) is 0 Å². The van der Waals surface area contributed by atoms with E-state index in [9.17, 15) is 0 Å². The molecule has 0 fully saturated rings. The fourth-order valence-corrected chi connectivity index (χ4v) is 4.67. The van der Waals surface area contributed by atoms with Gasteiger partial charge < -0.3 is 4.57 Å². The van der Waals surface area contributed by atoms with E-state index in [0.29, 0.717) is 16.5 Å². The van der Waals surface area contributed by atoms with Gasteiger partial charge in [-0.2, -0.15) is 0 Å². The molecule has 24 heavy (non-hydrogen) atoms. The van der Waals surface area contributed by atoms with Crippen molar-refractivity contribution >= 4 is 35.0 Å². The van der Waals surface area contributed by atoms with Gasteiger partial charge in [0.05, 0.1) is 6.20 Å².